The number of para-hydroxylation sites is 1. The summed E-state index contributed by atoms with van der Waals surface area (Å²) in [6.45, 7) is 3.90. The number of aromatic nitrogens is 2. The van der Waals surface area contributed by atoms with Crippen molar-refractivity contribution >= 4 is 17.0 Å². The molecular weight excluding hydrogens is 269 g/mol. The van der Waals surface area contributed by atoms with Gasteiger partial charge in [0.2, 0.25) is 5.95 Å². The minimum Gasteiger partial charge on any atom is -0.489 e. The number of halogens is 1. The summed E-state index contributed by atoms with van der Waals surface area (Å²) in [5, 5.41) is 0. The minimum absolute atomic E-state index is 0.0381. The van der Waals surface area contributed by atoms with Crippen LogP contribution >= 0.6 is 0 Å². The Kier molecular flexibility index (Phi) is 3.25. The molecule has 4 nitrogen and oxygen atoms in total. The van der Waals surface area contributed by atoms with Crippen molar-refractivity contribution in [3.63, 3.8) is 0 Å². The fourth-order valence-electron chi connectivity index (χ4n) is 2.33. The number of nitrogen functional groups attached to an aromatic ring is 1. The Morgan fingerprint density at radius 3 is 2.67 bits per heavy atom. The van der Waals surface area contributed by atoms with Gasteiger partial charge in [0.25, 0.3) is 0 Å². The SMILES string of the molecule is CC(C)Oc1cccc2c1nc(N)n2-c1cccc(F)c1. The molecule has 0 unspecified atom stereocenters. The van der Waals surface area contributed by atoms with E-state index in [2.05, 4.69) is 4.98 Å². The lowest BCUT2D eigenvalue weighted by Crippen LogP contribution is -2.05. The van der Waals surface area contributed by atoms with Crippen LogP contribution < -0.4 is 10.5 Å². The van der Waals surface area contributed by atoms with Gasteiger partial charge in [0.05, 0.1) is 17.3 Å². The standard InChI is InChI=1S/C16H16FN3O/c1-10(2)21-14-8-4-7-13-15(14)19-16(18)20(13)12-6-3-5-11(17)9-12/h3-10H,1-2H3,(H2,18,19). The third-order valence-corrected chi connectivity index (χ3v) is 3.10. The van der Waals surface area contributed by atoms with Gasteiger partial charge in [-0.25, -0.2) is 9.37 Å². The first-order valence-corrected chi connectivity index (χ1v) is 6.76. The van der Waals surface area contributed by atoms with Crippen LogP contribution in [0.2, 0.25) is 0 Å². The van der Waals surface area contributed by atoms with E-state index in [1.54, 1.807) is 16.7 Å². The van der Waals surface area contributed by atoms with Gasteiger partial charge in [-0.3, -0.25) is 4.57 Å². The summed E-state index contributed by atoms with van der Waals surface area (Å²) in [5.41, 5.74) is 8.11. The number of hydrogen-bond donors (Lipinski definition) is 1. The Morgan fingerprint density at radius 1 is 1.19 bits per heavy atom. The van der Waals surface area contributed by atoms with E-state index in [0.717, 1.165) is 5.52 Å². The summed E-state index contributed by atoms with van der Waals surface area (Å²) in [6, 6.07) is 11.9. The first kappa shape index (κ1) is 13.4. The van der Waals surface area contributed by atoms with E-state index in [1.165, 1.54) is 12.1 Å². The first-order valence-electron chi connectivity index (χ1n) is 6.76. The number of nitrogens with two attached hydrogens (primary N) is 1. The van der Waals surface area contributed by atoms with Crippen LogP contribution in [-0.2, 0) is 0 Å². The van der Waals surface area contributed by atoms with Crippen LogP contribution in [0, 0.1) is 5.82 Å². The van der Waals surface area contributed by atoms with Crippen molar-refractivity contribution in [1.29, 1.82) is 0 Å². The van der Waals surface area contributed by atoms with E-state index in [1.807, 2.05) is 32.0 Å². The molecule has 3 rings (SSSR count). The maximum atomic E-state index is 13.4. The smallest absolute Gasteiger partial charge is 0.206 e. The van der Waals surface area contributed by atoms with Gasteiger partial charge in [-0.15, -0.1) is 0 Å². The van der Waals surface area contributed by atoms with Gasteiger partial charge in [-0.1, -0.05) is 12.1 Å². The van der Waals surface area contributed by atoms with E-state index in [-0.39, 0.29) is 11.9 Å². The molecule has 0 fully saturated rings. The maximum Gasteiger partial charge on any atom is 0.206 e. The average Bonchev–Trinajstić information content (AvgIpc) is 2.75. The van der Waals surface area contributed by atoms with Gasteiger partial charge in [0, 0.05) is 0 Å². The Bertz CT molecular complexity index is 795. The second-order valence-electron chi connectivity index (χ2n) is 5.08. The molecule has 3 aromatic rings. The van der Waals surface area contributed by atoms with Crippen molar-refractivity contribution in [2.24, 2.45) is 0 Å². The molecule has 0 radical (unpaired) electrons. The summed E-state index contributed by atoms with van der Waals surface area (Å²) in [5.74, 6) is 0.656. The predicted molar refractivity (Wildman–Crippen MR) is 81.2 cm³/mol. The number of ether oxygens (including phenoxy) is 1. The van der Waals surface area contributed by atoms with Gasteiger partial charge in [0.1, 0.15) is 17.1 Å². The molecule has 0 amide bonds. The van der Waals surface area contributed by atoms with Crippen molar-refractivity contribution in [3.05, 3.63) is 48.3 Å². The third-order valence-electron chi connectivity index (χ3n) is 3.10. The van der Waals surface area contributed by atoms with E-state index in [4.69, 9.17) is 10.5 Å². The van der Waals surface area contributed by atoms with Gasteiger partial charge >= 0.3 is 0 Å². The summed E-state index contributed by atoms with van der Waals surface area (Å²) < 4.78 is 20.9. The molecule has 0 saturated carbocycles. The number of fused-ring (bicyclic) bond motifs is 1. The average molecular weight is 285 g/mol. The van der Waals surface area contributed by atoms with Crippen LogP contribution in [0.3, 0.4) is 0 Å². The summed E-state index contributed by atoms with van der Waals surface area (Å²) in [4.78, 5) is 4.37. The normalized spacial score (nSPS) is 11.2. The highest BCUT2D eigenvalue weighted by atomic mass is 19.1. The molecular formula is C16H16FN3O. The highest BCUT2D eigenvalue weighted by Gasteiger charge is 2.14. The van der Waals surface area contributed by atoms with Crippen LogP contribution in [0.5, 0.6) is 5.75 Å². The molecule has 2 aromatic carbocycles. The van der Waals surface area contributed by atoms with Crippen molar-refractivity contribution in [3.8, 4) is 11.4 Å². The summed E-state index contributed by atoms with van der Waals surface area (Å²) in [7, 11) is 0. The molecule has 0 aliphatic heterocycles. The number of benzene rings is 2. The van der Waals surface area contributed by atoms with E-state index in [0.29, 0.717) is 22.9 Å². The lowest BCUT2D eigenvalue weighted by Gasteiger charge is -2.10. The predicted octanol–water partition coefficient (Wildman–Crippen LogP) is 3.53. The Hall–Kier alpha value is -2.56. The zero-order chi connectivity index (χ0) is 15.0. The molecule has 0 bridgehead atoms. The van der Waals surface area contributed by atoms with Gasteiger partial charge in [-0.2, -0.15) is 0 Å². The molecule has 1 heterocycles. The minimum atomic E-state index is -0.316. The fourth-order valence-corrected chi connectivity index (χ4v) is 2.33. The van der Waals surface area contributed by atoms with Crippen molar-refractivity contribution in [2.75, 3.05) is 5.73 Å². The summed E-state index contributed by atoms with van der Waals surface area (Å²) in [6.07, 6.45) is 0.0381. The molecule has 0 aliphatic rings. The zero-order valence-corrected chi connectivity index (χ0v) is 11.9. The third kappa shape index (κ3) is 2.42. The number of nitrogens with zero attached hydrogens (tertiary/aromatic N) is 2. The lowest BCUT2D eigenvalue weighted by molar-refractivity contribution is 0.245. The van der Waals surface area contributed by atoms with Crippen molar-refractivity contribution in [2.45, 2.75) is 20.0 Å². The number of anilines is 1. The topological polar surface area (TPSA) is 53.1 Å². The fraction of sp³-hybridized carbons (Fsp3) is 0.188. The number of imidazole rings is 1. The molecule has 108 valence electrons. The zero-order valence-electron chi connectivity index (χ0n) is 11.9. The van der Waals surface area contributed by atoms with Crippen LogP contribution in [0.25, 0.3) is 16.7 Å². The van der Waals surface area contributed by atoms with Crippen molar-refractivity contribution < 1.29 is 9.13 Å². The molecule has 21 heavy (non-hydrogen) atoms. The Balaban J connectivity index is 2.23. The number of rotatable bonds is 3. The molecule has 1 aromatic heterocycles. The Labute approximate surface area is 122 Å². The monoisotopic (exact) mass is 285 g/mol. The van der Waals surface area contributed by atoms with E-state index in [9.17, 15) is 4.39 Å². The second-order valence-corrected chi connectivity index (χ2v) is 5.08. The highest BCUT2D eigenvalue weighted by molar-refractivity contribution is 5.86. The van der Waals surface area contributed by atoms with Crippen LogP contribution in [0.1, 0.15) is 13.8 Å². The molecule has 0 atom stereocenters. The molecule has 0 saturated heterocycles. The number of hydrogen-bond acceptors (Lipinski definition) is 3. The molecule has 0 spiro atoms. The second kappa shape index (κ2) is 5.09. The van der Waals surface area contributed by atoms with Crippen LogP contribution in [-0.4, -0.2) is 15.7 Å². The van der Waals surface area contributed by atoms with Crippen LogP contribution in [0.4, 0.5) is 10.3 Å². The largest absolute Gasteiger partial charge is 0.489 e. The van der Waals surface area contributed by atoms with E-state index >= 15 is 0 Å². The maximum absolute atomic E-state index is 13.4. The quantitative estimate of drug-likeness (QED) is 0.801. The van der Waals surface area contributed by atoms with Crippen LogP contribution in [0.15, 0.2) is 42.5 Å². The highest BCUT2D eigenvalue weighted by Crippen LogP contribution is 2.30. The first-order chi connectivity index (χ1) is 10.1. The van der Waals surface area contributed by atoms with Gasteiger partial charge in [-0.05, 0) is 44.2 Å². The Morgan fingerprint density at radius 2 is 1.95 bits per heavy atom. The van der Waals surface area contributed by atoms with E-state index < -0.39 is 0 Å². The molecule has 0 aliphatic carbocycles. The van der Waals surface area contributed by atoms with Crippen molar-refractivity contribution in [1.82, 2.24) is 9.55 Å². The lowest BCUT2D eigenvalue weighted by atomic mass is 10.2. The van der Waals surface area contributed by atoms with Gasteiger partial charge in [0.15, 0.2) is 0 Å². The molecule has 2 N–H and O–H groups in total. The van der Waals surface area contributed by atoms with Gasteiger partial charge < -0.3 is 10.5 Å². The molecule has 5 heteroatoms. The summed E-state index contributed by atoms with van der Waals surface area (Å²) >= 11 is 0.